The predicted octanol–water partition coefficient (Wildman–Crippen LogP) is 6.17. The van der Waals surface area contributed by atoms with Crippen molar-refractivity contribution in [1.82, 2.24) is 0 Å². The van der Waals surface area contributed by atoms with Crippen molar-refractivity contribution in [2.45, 2.75) is 12.4 Å². The number of ether oxygens (including phenoxy) is 2. The Hall–Kier alpha value is -4.09. The lowest BCUT2D eigenvalue weighted by Gasteiger charge is -2.17. The molecule has 0 spiro atoms. The summed E-state index contributed by atoms with van der Waals surface area (Å²) in [5.41, 5.74) is 7.44. The molecule has 3 aromatic rings. The number of benzene rings is 3. The summed E-state index contributed by atoms with van der Waals surface area (Å²) in [6.07, 6.45) is -9.69. The maximum atomic E-state index is 13.3. The number of hydrogen-bond donors (Lipinski definition) is 3. The van der Waals surface area contributed by atoms with Gasteiger partial charge in [-0.25, -0.2) is 4.79 Å². The quantitative estimate of drug-likeness (QED) is 0.303. The van der Waals surface area contributed by atoms with Crippen molar-refractivity contribution < 1.29 is 45.7 Å². The van der Waals surface area contributed by atoms with Gasteiger partial charge in [-0.15, -0.1) is 0 Å². The molecular formula is C21H14F6N2O4. The molecule has 6 nitrogen and oxygen atoms in total. The first-order chi connectivity index (χ1) is 15.2. The van der Waals surface area contributed by atoms with E-state index in [-0.39, 0.29) is 11.4 Å². The van der Waals surface area contributed by atoms with Gasteiger partial charge >= 0.3 is 18.3 Å². The molecule has 12 heteroatoms. The molecule has 0 aromatic heterocycles. The summed E-state index contributed by atoms with van der Waals surface area (Å²) in [7, 11) is 0. The second-order valence-corrected chi connectivity index (χ2v) is 6.71. The van der Waals surface area contributed by atoms with Gasteiger partial charge in [0.25, 0.3) is 0 Å². The molecule has 0 unspecified atom stereocenters. The molecule has 0 radical (unpaired) electrons. The van der Waals surface area contributed by atoms with Gasteiger partial charge in [0.2, 0.25) is 0 Å². The second-order valence-electron chi connectivity index (χ2n) is 6.71. The van der Waals surface area contributed by atoms with E-state index in [1.807, 2.05) is 0 Å². The van der Waals surface area contributed by atoms with Crippen LogP contribution in [0.3, 0.4) is 0 Å². The molecule has 0 atom stereocenters. The zero-order chi connectivity index (χ0) is 24.6. The van der Waals surface area contributed by atoms with Crippen LogP contribution >= 0.6 is 0 Å². The van der Waals surface area contributed by atoms with Crippen LogP contribution < -0.4 is 20.9 Å². The van der Waals surface area contributed by atoms with Crippen LogP contribution in [0, 0.1) is 0 Å². The molecule has 0 saturated heterocycles. The Morgan fingerprint density at radius 2 is 1.09 bits per heavy atom. The van der Waals surface area contributed by atoms with E-state index in [1.165, 1.54) is 0 Å². The first kappa shape index (κ1) is 23.6. The van der Waals surface area contributed by atoms with E-state index in [9.17, 15) is 36.2 Å². The highest BCUT2D eigenvalue weighted by atomic mass is 19.4. The van der Waals surface area contributed by atoms with Crippen molar-refractivity contribution in [2.24, 2.45) is 0 Å². The third-order valence-corrected chi connectivity index (χ3v) is 4.20. The van der Waals surface area contributed by atoms with Crippen molar-refractivity contribution in [3.8, 4) is 23.0 Å². The highest BCUT2D eigenvalue weighted by Crippen LogP contribution is 2.42. The Labute approximate surface area is 181 Å². The Balaban J connectivity index is 2.05. The van der Waals surface area contributed by atoms with Crippen LogP contribution in [0.1, 0.15) is 21.5 Å². The molecule has 0 fully saturated rings. The van der Waals surface area contributed by atoms with Crippen LogP contribution in [0.4, 0.5) is 37.7 Å². The molecule has 0 bridgehead atoms. The van der Waals surface area contributed by atoms with Crippen LogP contribution in [-0.4, -0.2) is 11.1 Å². The lowest BCUT2D eigenvalue weighted by molar-refractivity contribution is -0.139. The van der Waals surface area contributed by atoms with Crippen molar-refractivity contribution >= 4 is 17.3 Å². The first-order valence-corrected chi connectivity index (χ1v) is 8.91. The van der Waals surface area contributed by atoms with E-state index >= 15 is 0 Å². The zero-order valence-corrected chi connectivity index (χ0v) is 16.3. The highest BCUT2D eigenvalue weighted by Gasteiger charge is 2.36. The van der Waals surface area contributed by atoms with E-state index < -0.39 is 58.0 Å². The van der Waals surface area contributed by atoms with Gasteiger partial charge in [0.1, 0.15) is 34.1 Å². The van der Waals surface area contributed by atoms with Crippen molar-refractivity contribution in [2.75, 3.05) is 11.5 Å². The number of aromatic carboxylic acids is 1. The van der Waals surface area contributed by atoms with E-state index in [0.717, 1.165) is 42.5 Å². The number of carboxylic acids is 1. The minimum absolute atomic E-state index is 0.194. The Bertz CT molecular complexity index is 1120. The largest absolute Gasteiger partial charge is 0.478 e. The predicted molar refractivity (Wildman–Crippen MR) is 105 cm³/mol. The van der Waals surface area contributed by atoms with Gasteiger partial charge in [-0.05, 0) is 48.5 Å². The number of nitrogen functional groups attached to an aromatic ring is 2. The fourth-order valence-corrected chi connectivity index (χ4v) is 2.78. The molecule has 3 aromatic carbocycles. The van der Waals surface area contributed by atoms with Gasteiger partial charge in [-0.2, -0.15) is 26.3 Å². The number of nitrogens with two attached hydrogens (primary N) is 2. The maximum Gasteiger partial charge on any atom is 0.420 e. The van der Waals surface area contributed by atoms with Crippen LogP contribution in [0.2, 0.25) is 0 Å². The summed E-state index contributed by atoms with van der Waals surface area (Å²) in [6, 6.07) is 8.08. The molecule has 0 aliphatic carbocycles. The summed E-state index contributed by atoms with van der Waals surface area (Å²) >= 11 is 0. The molecule has 0 aliphatic heterocycles. The third-order valence-electron chi connectivity index (χ3n) is 4.20. The number of hydrogen-bond acceptors (Lipinski definition) is 5. The molecule has 0 amide bonds. The molecule has 33 heavy (non-hydrogen) atoms. The lowest BCUT2D eigenvalue weighted by atomic mass is 10.1. The van der Waals surface area contributed by atoms with E-state index in [1.54, 1.807) is 0 Å². The van der Waals surface area contributed by atoms with Crippen LogP contribution in [0.25, 0.3) is 0 Å². The number of halogens is 6. The van der Waals surface area contributed by atoms with Crippen molar-refractivity contribution in [1.29, 1.82) is 0 Å². The topological polar surface area (TPSA) is 108 Å². The number of anilines is 2. The maximum absolute atomic E-state index is 13.3. The number of rotatable bonds is 5. The van der Waals surface area contributed by atoms with Crippen LogP contribution in [0.15, 0.2) is 54.6 Å². The average Bonchev–Trinajstić information content (AvgIpc) is 2.69. The lowest BCUT2D eigenvalue weighted by Crippen LogP contribution is -2.09. The van der Waals surface area contributed by atoms with E-state index in [2.05, 4.69) is 0 Å². The van der Waals surface area contributed by atoms with Crippen molar-refractivity contribution in [3.05, 3.63) is 71.3 Å². The summed E-state index contributed by atoms with van der Waals surface area (Å²) in [5, 5.41) is 9.30. The summed E-state index contributed by atoms with van der Waals surface area (Å²) in [6.45, 7) is 0. The fraction of sp³-hybridized carbons (Fsp3) is 0.0952. The molecule has 0 heterocycles. The summed E-state index contributed by atoms with van der Waals surface area (Å²) in [4.78, 5) is 11.4. The second kappa shape index (κ2) is 8.45. The van der Waals surface area contributed by atoms with Gasteiger partial charge in [-0.3, -0.25) is 0 Å². The van der Waals surface area contributed by atoms with Crippen molar-refractivity contribution in [3.63, 3.8) is 0 Å². The Morgan fingerprint density at radius 1 is 0.697 bits per heavy atom. The highest BCUT2D eigenvalue weighted by molar-refractivity contribution is 5.88. The Morgan fingerprint density at radius 3 is 1.42 bits per heavy atom. The molecule has 5 N–H and O–H groups in total. The summed E-state index contributed by atoms with van der Waals surface area (Å²) < 4.78 is 90.4. The van der Waals surface area contributed by atoms with E-state index in [4.69, 9.17) is 20.9 Å². The summed E-state index contributed by atoms with van der Waals surface area (Å²) in [5.74, 6) is -3.78. The Kier molecular flexibility index (Phi) is 6.03. The number of alkyl halides is 6. The van der Waals surface area contributed by atoms with Gasteiger partial charge in [-0.1, -0.05) is 0 Å². The van der Waals surface area contributed by atoms with Crippen LogP contribution in [0.5, 0.6) is 23.0 Å². The number of carbonyl (C=O) groups is 1. The number of carboxylic acid groups (broad SMARTS) is 1. The standard InChI is InChI=1S/C21H14F6N2O4/c22-20(23,24)15-7-11(28)1-3-17(15)32-13-5-10(19(30)31)6-14(9-13)33-18-4-2-12(29)8-16(18)21(25,26)27/h1-9H,28-29H2,(H,30,31). The van der Waals surface area contributed by atoms with Gasteiger partial charge in [0.15, 0.2) is 0 Å². The van der Waals surface area contributed by atoms with Gasteiger partial charge < -0.3 is 26.0 Å². The SMILES string of the molecule is Nc1ccc(Oc2cc(Oc3ccc(N)cc3C(F)(F)F)cc(C(=O)O)c2)c(C(F)(F)F)c1. The molecule has 174 valence electrons. The molecule has 0 saturated carbocycles. The normalized spacial score (nSPS) is 11.8. The third kappa shape index (κ3) is 5.59. The molecule has 0 aliphatic rings. The fourth-order valence-electron chi connectivity index (χ4n) is 2.78. The van der Waals surface area contributed by atoms with Gasteiger partial charge in [0, 0.05) is 17.4 Å². The molecular weight excluding hydrogens is 458 g/mol. The van der Waals surface area contributed by atoms with E-state index in [0.29, 0.717) is 12.1 Å². The smallest absolute Gasteiger partial charge is 0.420 e. The minimum atomic E-state index is -4.85. The van der Waals surface area contributed by atoms with Gasteiger partial charge in [0.05, 0.1) is 5.56 Å². The molecule has 3 rings (SSSR count). The monoisotopic (exact) mass is 472 g/mol. The average molecular weight is 472 g/mol. The first-order valence-electron chi connectivity index (χ1n) is 8.91. The zero-order valence-electron chi connectivity index (χ0n) is 16.3. The van der Waals surface area contributed by atoms with Crippen LogP contribution in [-0.2, 0) is 12.4 Å². The minimum Gasteiger partial charge on any atom is -0.478 e.